The summed E-state index contributed by atoms with van der Waals surface area (Å²) in [6.07, 6.45) is 73.2. The number of quaternary nitrogens is 1. The lowest BCUT2D eigenvalue weighted by molar-refractivity contribution is -0.870. The third kappa shape index (κ3) is 57.9. The third-order valence-corrected chi connectivity index (χ3v) is 15.1. The highest BCUT2D eigenvalue weighted by atomic mass is 31.2. The van der Waals surface area contributed by atoms with Gasteiger partial charge in [0.05, 0.1) is 33.8 Å². The van der Waals surface area contributed by atoms with Gasteiger partial charge in [-0.25, -0.2) is 4.57 Å². The zero-order valence-electron chi connectivity index (χ0n) is 51.2. The number of nitrogens with zero attached hydrogens (tertiary/aromatic N) is 1. The van der Waals surface area contributed by atoms with Crippen LogP contribution in [0.25, 0.3) is 0 Å². The van der Waals surface area contributed by atoms with E-state index >= 15 is 0 Å². The van der Waals surface area contributed by atoms with Crippen LogP contribution in [-0.4, -0.2) is 74.3 Å². The van der Waals surface area contributed by atoms with Crippen molar-refractivity contribution in [2.45, 2.75) is 303 Å². The van der Waals surface area contributed by atoms with Crippen molar-refractivity contribution < 1.29 is 37.3 Å². The molecule has 77 heavy (non-hydrogen) atoms. The smallest absolute Gasteiger partial charge is 0.456 e. The maximum atomic E-state index is 13.6. The third-order valence-electron chi connectivity index (χ3n) is 14.1. The number of ether oxygens (including phenoxy) is 1. The number of unbranched alkanes of at least 4 members (excludes halogenated alkanes) is 32. The van der Waals surface area contributed by atoms with Crippen LogP contribution in [0.5, 0.6) is 0 Å². The van der Waals surface area contributed by atoms with Gasteiger partial charge in [-0.15, -0.1) is 0 Å². The van der Waals surface area contributed by atoms with E-state index in [1.54, 1.807) is 0 Å². The number of hydrogen-bond acceptors (Lipinski definition) is 6. The topological polar surface area (TPSA) is 111 Å². The second-order valence-corrected chi connectivity index (χ2v) is 24.4. The minimum Gasteiger partial charge on any atom is -0.456 e. The van der Waals surface area contributed by atoms with Gasteiger partial charge in [0, 0.05) is 12.8 Å². The lowest BCUT2D eigenvalue weighted by Gasteiger charge is -2.27. The van der Waals surface area contributed by atoms with Crippen molar-refractivity contribution in [2.24, 2.45) is 0 Å². The van der Waals surface area contributed by atoms with Crippen molar-refractivity contribution in [1.29, 1.82) is 0 Å². The quantitative estimate of drug-likeness (QED) is 0.0205. The van der Waals surface area contributed by atoms with E-state index in [9.17, 15) is 19.0 Å². The summed E-state index contributed by atoms with van der Waals surface area (Å²) in [6.45, 7) is 6.97. The molecule has 2 N–H and O–H groups in total. The first kappa shape index (κ1) is 74.5. The predicted molar refractivity (Wildman–Crippen MR) is 332 cm³/mol. The van der Waals surface area contributed by atoms with Crippen molar-refractivity contribution in [3.8, 4) is 0 Å². The summed E-state index contributed by atoms with van der Waals surface area (Å²) in [5, 5.41) is 3.05. The van der Waals surface area contributed by atoms with Gasteiger partial charge < -0.3 is 19.4 Å². The fourth-order valence-corrected chi connectivity index (χ4v) is 9.83. The van der Waals surface area contributed by atoms with E-state index in [4.69, 9.17) is 13.8 Å². The van der Waals surface area contributed by atoms with Gasteiger partial charge in [0.2, 0.25) is 5.91 Å². The Morgan fingerprint density at radius 2 is 0.792 bits per heavy atom. The van der Waals surface area contributed by atoms with Crippen LogP contribution in [0.2, 0.25) is 0 Å². The highest BCUT2D eigenvalue weighted by Gasteiger charge is 2.30. The summed E-state index contributed by atoms with van der Waals surface area (Å²) in [5.41, 5.74) is 0. The summed E-state index contributed by atoms with van der Waals surface area (Å²) < 4.78 is 30.7. The summed E-state index contributed by atoms with van der Waals surface area (Å²) >= 11 is 0. The van der Waals surface area contributed by atoms with Crippen molar-refractivity contribution in [2.75, 3.05) is 40.9 Å². The molecule has 0 aliphatic rings. The molecule has 0 rings (SSSR count). The molecule has 0 heterocycles. The monoisotopic (exact) mass is 1100 g/mol. The molecule has 0 fully saturated rings. The Bertz CT molecular complexity index is 1550. The number of esters is 1. The van der Waals surface area contributed by atoms with Gasteiger partial charge in [-0.2, -0.15) is 0 Å². The van der Waals surface area contributed by atoms with E-state index in [0.29, 0.717) is 23.9 Å². The molecule has 448 valence electrons. The maximum Gasteiger partial charge on any atom is 0.472 e. The van der Waals surface area contributed by atoms with Crippen LogP contribution in [0.4, 0.5) is 0 Å². The molecule has 0 aromatic heterocycles. The van der Waals surface area contributed by atoms with Crippen LogP contribution >= 0.6 is 7.82 Å². The Hall–Kier alpha value is -2.55. The van der Waals surface area contributed by atoms with Crippen molar-refractivity contribution in [3.05, 3.63) is 72.9 Å². The van der Waals surface area contributed by atoms with E-state index in [1.807, 2.05) is 33.3 Å². The lowest BCUT2D eigenvalue weighted by atomic mass is 10.0. The molecule has 3 unspecified atom stereocenters. The Morgan fingerprint density at radius 1 is 0.455 bits per heavy atom. The highest BCUT2D eigenvalue weighted by molar-refractivity contribution is 7.47. The maximum absolute atomic E-state index is 13.6. The van der Waals surface area contributed by atoms with Crippen LogP contribution in [0.15, 0.2) is 72.9 Å². The minimum atomic E-state index is -4.46. The van der Waals surface area contributed by atoms with Crippen LogP contribution in [0.3, 0.4) is 0 Å². The van der Waals surface area contributed by atoms with Gasteiger partial charge in [0.15, 0.2) is 0 Å². The first-order chi connectivity index (χ1) is 37.4. The second kappa shape index (κ2) is 56.7. The molecular formula is C67H124N2O7P+. The molecule has 0 spiro atoms. The number of allylic oxidation sites excluding steroid dienone is 11. The fraction of sp³-hybridized carbons (Fsp3) is 0.791. The molecule has 10 heteroatoms. The standard InChI is InChI=1S/C67H123N2O7P/c1-7-10-13-16-19-22-25-27-29-31-33-34-36-38-40-42-45-48-51-54-57-60-67(71)76-65(58-55-52-49-46-43-24-21-18-15-12-9-3)64(63-75-77(72,73)74-62-61-69(4,5)6)68-66(70)59-56-53-50-47-44-41-39-37-35-32-30-28-26-23-20-17-14-11-8-2/h19,22,27-30,33-34,38,40,55,58,64-65H,7-18,20-21,23-26,31-32,35-37,39,41-54,56-57,59-63H2,1-6H3,(H-,68,70,72,73)/p+1/b22-19-,29-27-,30-28+,34-33-,40-38-,58-55+. The van der Waals surface area contributed by atoms with Gasteiger partial charge in [0.1, 0.15) is 19.3 Å². The molecule has 0 aromatic rings. The molecule has 0 saturated heterocycles. The molecule has 0 saturated carbocycles. The first-order valence-corrected chi connectivity index (χ1v) is 33.8. The van der Waals surface area contributed by atoms with Crippen LogP contribution in [0.1, 0.15) is 290 Å². The van der Waals surface area contributed by atoms with Gasteiger partial charge >= 0.3 is 13.8 Å². The van der Waals surface area contributed by atoms with Crippen LogP contribution < -0.4 is 5.32 Å². The average molecular weight is 1100 g/mol. The highest BCUT2D eigenvalue weighted by Crippen LogP contribution is 2.43. The van der Waals surface area contributed by atoms with Gasteiger partial charge in [-0.1, -0.05) is 248 Å². The minimum absolute atomic E-state index is 0.0346. The average Bonchev–Trinajstić information content (AvgIpc) is 3.39. The van der Waals surface area contributed by atoms with Crippen LogP contribution in [-0.2, 0) is 27.9 Å². The number of carbonyl (C=O) groups is 2. The number of likely N-dealkylation sites (N-methyl/N-ethyl adjacent to an activating group) is 1. The number of rotatable bonds is 58. The number of phosphoric acid groups is 1. The van der Waals surface area contributed by atoms with Crippen molar-refractivity contribution in [1.82, 2.24) is 5.32 Å². The van der Waals surface area contributed by atoms with E-state index in [-0.39, 0.29) is 31.5 Å². The zero-order chi connectivity index (χ0) is 56.4. The molecule has 0 aliphatic carbocycles. The van der Waals surface area contributed by atoms with Gasteiger partial charge in [-0.3, -0.25) is 18.6 Å². The Morgan fingerprint density at radius 3 is 1.22 bits per heavy atom. The number of carbonyl (C=O) groups excluding carboxylic acids is 2. The number of hydrogen-bond donors (Lipinski definition) is 2. The normalized spacial score (nSPS) is 14.1. The van der Waals surface area contributed by atoms with E-state index in [0.717, 1.165) is 89.9 Å². The van der Waals surface area contributed by atoms with E-state index < -0.39 is 20.0 Å². The summed E-state index contributed by atoms with van der Waals surface area (Å²) in [6, 6.07) is -0.859. The number of amides is 1. The molecule has 0 aliphatic heterocycles. The van der Waals surface area contributed by atoms with Gasteiger partial charge in [0.25, 0.3) is 0 Å². The molecule has 3 atom stereocenters. The van der Waals surface area contributed by atoms with Crippen molar-refractivity contribution in [3.63, 3.8) is 0 Å². The molecule has 1 amide bonds. The largest absolute Gasteiger partial charge is 0.472 e. The zero-order valence-corrected chi connectivity index (χ0v) is 52.1. The number of nitrogens with one attached hydrogen (secondary N) is 1. The van der Waals surface area contributed by atoms with Crippen molar-refractivity contribution >= 4 is 19.7 Å². The van der Waals surface area contributed by atoms with E-state index in [2.05, 4.69) is 86.8 Å². The Balaban J connectivity index is 5.22. The lowest BCUT2D eigenvalue weighted by Crippen LogP contribution is -2.47. The SMILES string of the molecule is CCCCC/C=C\C/C=C\C/C=C\C/C=C\CCCCCCCC(=O)OC(/C=C/CCCCCCCCCCC)C(COP(=O)(O)OCC[N+](C)(C)C)NC(=O)CCCCCCCCCCC/C=C/CCCCCCCC. The Labute approximate surface area is 476 Å². The molecule has 9 nitrogen and oxygen atoms in total. The predicted octanol–water partition coefficient (Wildman–Crippen LogP) is 20.0. The molecule has 0 radical (unpaired) electrons. The molecule has 0 aromatic carbocycles. The van der Waals surface area contributed by atoms with Crippen LogP contribution in [0, 0.1) is 0 Å². The Kier molecular flexibility index (Phi) is 54.8. The second-order valence-electron chi connectivity index (χ2n) is 22.9. The first-order valence-electron chi connectivity index (χ1n) is 32.3. The molecular weight excluding hydrogens is 976 g/mol. The summed E-state index contributed by atoms with van der Waals surface area (Å²) in [5.74, 6) is -0.525. The fourth-order valence-electron chi connectivity index (χ4n) is 9.10. The van der Waals surface area contributed by atoms with Gasteiger partial charge in [-0.05, 0) is 102 Å². The number of phosphoric ester groups is 1. The molecule has 0 bridgehead atoms. The summed E-state index contributed by atoms with van der Waals surface area (Å²) in [4.78, 5) is 37.7. The van der Waals surface area contributed by atoms with E-state index in [1.165, 1.54) is 161 Å². The summed E-state index contributed by atoms with van der Waals surface area (Å²) in [7, 11) is 1.48.